The Morgan fingerprint density at radius 1 is 1.38 bits per heavy atom. The van der Waals surface area contributed by atoms with Gasteiger partial charge in [-0.1, -0.05) is 6.07 Å². The zero-order valence-corrected chi connectivity index (χ0v) is 13.9. The number of nitrogens with zero attached hydrogens (tertiary/aromatic N) is 1. The molecule has 0 saturated carbocycles. The highest BCUT2D eigenvalue weighted by molar-refractivity contribution is 9.10. The summed E-state index contributed by atoms with van der Waals surface area (Å²) < 4.78 is 6.21. The number of morpholine rings is 1. The van der Waals surface area contributed by atoms with Crippen LogP contribution in [0, 0.1) is 6.92 Å². The van der Waals surface area contributed by atoms with Gasteiger partial charge >= 0.3 is 0 Å². The molecule has 1 aromatic carbocycles. The molecule has 1 heterocycles. The molecule has 5 nitrogen and oxygen atoms in total. The number of hydrogen-bond acceptors (Lipinski definition) is 4. The Kier molecular flexibility index (Phi) is 6.63. The lowest BCUT2D eigenvalue weighted by atomic mass is 10.2. The van der Waals surface area contributed by atoms with Crippen LogP contribution >= 0.6 is 15.9 Å². The molecule has 1 saturated heterocycles. The first-order valence-corrected chi connectivity index (χ1v) is 8.01. The summed E-state index contributed by atoms with van der Waals surface area (Å²) >= 11 is 3.46. The van der Waals surface area contributed by atoms with E-state index in [9.17, 15) is 4.79 Å². The fourth-order valence-electron chi connectivity index (χ4n) is 2.18. The van der Waals surface area contributed by atoms with Gasteiger partial charge in [0.15, 0.2) is 0 Å². The molecular formula is C15H22BrN3O2. The fourth-order valence-corrected chi connectivity index (χ4v) is 2.77. The van der Waals surface area contributed by atoms with Gasteiger partial charge in [-0.05, 0) is 40.5 Å². The molecule has 6 heteroatoms. The predicted octanol–water partition coefficient (Wildman–Crippen LogP) is 1.62. The van der Waals surface area contributed by atoms with Crippen molar-refractivity contribution in [2.24, 2.45) is 0 Å². The molecule has 0 spiro atoms. The first-order valence-electron chi connectivity index (χ1n) is 7.22. The Balaban J connectivity index is 1.65. The zero-order chi connectivity index (χ0) is 15.1. The number of ether oxygens (including phenoxy) is 1. The summed E-state index contributed by atoms with van der Waals surface area (Å²) in [6, 6.07) is 5.87. The number of anilines is 1. The third kappa shape index (κ3) is 5.74. The maximum atomic E-state index is 11.9. The molecule has 1 aromatic rings. The van der Waals surface area contributed by atoms with Crippen molar-refractivity contribution in [3.05, 3.63) is 28.2 Å². The van der Waals surface area contributed by atoms with E-state index in [1.54, 1.807) is 0 Å². The largest absolute Gasteiger partial charge is 0.379 e. The van der Waals surface area contributed by atoms with Crippen LogP contribution in [0.1, 0.15) is 5.56 Å². The van der Waals surface area contributed by atoms with Crippen molar-refractivity contribution >= 4 is 27.5 Å². The number of rotatable bonds is 6. The quantitative estimate of drug-likeness (QED) is 0.761. The van der Waals surface area contributed by atoms with Crippen LogP contribution in [0.2, 0.25) is 0 Å². The van der Waals surface area contributed by atoms with Crippen molar-refractivity contribution in [2.45, 2.75) is 6.92 Å². The summed E-state index contributed by atoms with van der Waals surface area (Å²) in [5, 5.41) is 6.07. The average molecular weight is 356 g/mol. The summed E-state index contributed by atoms with van der Waals surface area (Å²) in [7, 11) is 0. The molecule has 116 valence electrons. The van der Waals surface area contributed by atoms with Crippen molar-refractivity contribution < 1.29 is 9.53 Å². The number of hydrogen-bond donors (Lipinski definition) is 2. The second-order valence-electron chi connectivity index (χ2n) is 5.16. The zero-order valence-electron chi connectivity index (χ0n) is 12.3. The van der Waals surface area contributed by atoms with Gasteiger partial charge in [-0.2, -0.15) is 0 Å². The number of amides is 1. The first kappa shape index (κ1) is 16.4. The van der Waals surface area contributed by atoms with Gasteiger partial charge in [-0.25, -0.2) is 0 Å². The minimum absolute atomic E-state index is 0.0264. The highest BCUT2D eigenvalue weighted by Crippen LogP contribution is 2.23. The standard InChI is InChI=1S/C15H22BrN3O2/c1-12-2-3-14(13(16)10-12)18-15(20)11-17-4-5-19-6-8-21-9-7-19/h2-3,10,17H,4-9,11H2,1H3,(H,18,20). The highest BCUT2D eigenvalue weighted by Gasteiger charge is 2.10. The van der Waals surface area contributed by atoms with E-state index in [0.29, 0.717) is 6.54 Å². The summed E-state index contributed by atoms with van der Waals surface area (Å²) in [5.74, 6) is -0.0264. The van der Waals surface area contributed by atoms with Crippen LogP contribution in [0.3, 0.4) is 0 Å². The van der Waals surface area contributed by atoms with Gasteiger partial charge in [-0.15, -0.1) is 0 Å². The van der Waals surface area contributed by atoms with Gasteiger partial charge in [0.2, 0.25) is 5.91 Å². The molecule has 1 amide bonds. The minimum Gasteiger partial charge on any atom is -0.379 e. The van der Waals surface area contributed by atoms with E-state index >= 15 is 0 Å². The smallest absolute Gasteiger partial charge is 0.238 e. The van der Waals surface area contributed by atoms with Crippen LogP contribution in [0.15, 0.2) is 22.7 Å². The molecule has 0 atom stereocenters. The predicted molar refractivity (Wildman–Crippen MR) is 87.6 cm³/mol. The van der Waals surface area contributed by atoms with Gasteiger partial charge in [0.1, 0.15) is 0 Å². The van der Waals surface area contributed by atoms with E-state index in [0.717, 1.165) is 55.1 Å². The molecule has 21 heavy (non-hydrogen) atoms. The van der Waals surface area contributed by atoms with Crippen LogP contribution in [0.5, 0.6) is 0 Å². The summed E-state index contributed by atoms with van der Waals surface area (Å²) in [5.41, 5.74) is 1.96. The number of aryl methyl sites for hydroxylation is 1. The second-order valence-corrected chi connectivity index (χ2v) is 6.02. The van der Waals surface area contributed by atoms with E-state index in [-0.39, 0.29) is 5.91 Å². The maximum absolute atomic E-state index is 11.9. The van der Waals surface area contributed by atoms with Crippen molar-refractivity contribution in [2.75, 3.05) is 51.3 Å². The number of nitrogens with one attached hydrogen (secondary N) is 2. The Bertz CT molecular complexity index is 476. The number of carbonyl (C=O) groups is 1. The summed E-state index contributed by atoms with van der Waals surface area (Å²) in [6.45, 7) is 7.67. The number of carbonyl (C=O) groups excluding carboxylic acids is 1. The lowest BCUT2D eigenvalue weighted by Crippen LogP contribution is -2.41. The van der Waals surface area contributed by atoms with E-state index < -0.39 is 0 Å². The third-order valence-corrected chi connectivity index (χ3v) is 4.05. The molecule has 2 rings (SSSR count). The molecule has 1 fully saturated rings. The molecule has 0 unspecified atom stereocenters. The van der Waals surface area contributed by atoms with Gasteiger partial charge in [-0.3, -0.25) is 9.69 Å². The SMILES string of the molecule is Cc1ccc(NC(=O)CNCCN2CCOCC2)c(Br)c1. The van der Waals surface area contributed by atoms with Crippen molar-refractivity contribution in [1.82, 2.24) is 10.2 Å². The molecule has 1 aliphatic rings. The Morgan fingerprint density at radius 2 is 2.14 bits per heavy atom. The second kappa shape index (κ2) is 8.48. The van der Waals surface area contributed by atoms with Crippen LogP contribution < -0.4 is 10.6 Å². The topological polar surface area (TPSA) is 53.6 Å². The lowest BCUT2D eigenvalue weighted by molar-refractivity contribution is -0.115. The van der Waals surface area contributed by atoms with Crippen LogP contribution in [0.25, 0.3) is 0 Å². The van der Waals surface area contributed by atoms with E-state index in [1.807, 2.05) is 25.1 Å². The first-order chi connectivity index (χ1) is 10.1. The van der Waals surface area contributed by atoms with Gasteiger partial charge in [0, 0.05) is 30.7 Å². The van der Waals surface area contributed by atoms with Gasteiger partial charge < -0.3 is 15.4 Å². The van der Waals surface area contributed by atoms with E-state index in [4.69, 9.17) is 4.74 Å². The third-order valence-electron chi connectivity index (χ3n) is 3.39. The molecule has 0 aliphatic carbocycles. The normalized spacial score (nSPS) is 15.9. The Morgan fingerprint density at radius 3 is 2.86 bits per heavy atom. The fraction of sp³-hybridized carbons (Fsp3) is 0.533. The summed E-state index contributed by atoms with van der Waals surface area (Å²) in [6.07, 6.45) is 0. The summed E-state index contributed by atoms with van der Waals surface area (Å²) in [4.78, 5) is 14.2. The minimum atomic E-state index is -0.0264. The highest BCUT2D eigenvalue weighted by atomic mass is 79.9. The van der Waals surface area contributed by atoms with Crippen LogP contribution in [0.4, 0.5) is 5.69 Å². The molecule has 0 bridgehead atoms. The van der Waals surface area contributed by atoms with Crippen LogP contribution in [-0.2, 0) is 9.53 Å². The molecule has 2 N–H and O–H groups in total. The van der Waals surface area contributed by atoms with Crippen molar-refractivity contribution in [3.8, 4) is 0 Å². The van der Waals surface area contributed by atoms with Gasteiger partial charge in [0.25, 0.3) is 0 Å². The number of halogens is 1. The Labute approximate surface area is 134 Å². The lowest BCUT2D eigenvalue weighted by Gasteiger charge is -2.26. The number of benzene rings is 1. The van der Waals surface area contributed by atoms with Crippen LogP contribution in [-0.4, -0.2) is 56.7 Å². The molecule has 1 aliphatic heterocycles. The molecule has 0 radical (unpaired) electrons. The molecular weight excluding hydrogens is 334 g/mol. The van der Waals surface area contributed by atoms with Crippen molar-refractivity contribution in [3.63, 3.8) is 0 Å². The van der Waals surface area contributed by atoms with Crippen molar-refractivity contribution in [1.29, 1.82) is 0 Å². The van der Waals surface area contributed by atoms with E-state index in [1.165, 1.54) is 0 Å². The van der Waals surface area contributed by atoms with E-state index in [2.05, 4.69) is 31.5 Å². The average Bonchev–Trinajstić information content (AvgIpc) is 2.48. The maximum Gasteiger partial charge on any atom is 0.238 e. The molecule has 0 aromatic heterocycles. The monoisotopic (exact) mass is 355 g/mol. The van der Waals surface area contributed by atoms with Gasteiger partial charge in [0.05, 0.1) is 25.4 Å². The Hall–Kier alpha value is -0.950.